The predicted molar refractivity (Wildman–Crippen MR) is 132 cm³/mol. The first-order valence-corrected chi connectivity index (χ1v) is 11.5. The predicted octanol–water partition coefficient (Wildman–Crippen LogP) is 2.12. The zero-order valence-corrected chi connectivity index (χ0v) is 20.3. The number of carbonyl (C=O) groups is 1. The van der Waals surface area contributed by atoms with Gasteiger partial charge in [0.05, 0.1) is 24.3 Å². The first kappa shape index (κ1) is 23.1. The smallest absolute Gasteiger partial charge is 0.269 e. The summed E-state index contributed by atoms with van der Waals surface area (Å²) in [5.41, 5.74) is 2.41. The summed E-state index contributed by atoms with van der Waals surface area (Å²) in [6.07, 6.45) is 1.78. The van der Waals surface area contributed by atoms with Crippen molar-refractivity contribution in [3.63, 3.8) is 0 Å². The van der Waals surface area contributed by atoms with E-state index in [4.69, 9.17) is 21.1 Å². The second-order valence-corrected chi connectivity index (χ2v) is 9.27. The van der Waals surface area contributed by atoms with Gasteiger partial charge in [0, 0.05) is 41.0 Å². The maximum absolute atomic E-state index is 13.5. The van der Waals surface area contributed by atoms with Gasteiger partial charge in [-0.25, -0.2) is 0 Å². The molecule has 3 aromatic rings. The highest BCUT2D eigenvalue weighted by Crippen LogP contribution is 2.32. The number of rotatable bonds is 6. The van der Waals surface area contributed by atoms with Crippen LogP contribution in [0.1, 0.15) is 11.1 Å². The molecule has 0 unspecified atom stereocenters. The highest BCUT2D eigenvalue weighted by Gasteiger charge is 2.27. The Labute approximate surface area is 200 Å². The number of halogens is 1. The van der Waals surface area contributed by atoms with Crippen molar-refractivity contribution >= 4 is 46.2 Å². The molecule has 0 spiro atoms. The topological polar surface area (TPSA) is 72.8 Å². The lowest BCUT2D eigenvalue weighted by atomic mass is 10.1. The van der Waals surface area contributed by atoms with E-state index in [0.29, 0.717) is 55.6 Å². The first-order valence-electron chi connectivity index (χ1n) is 10.3. The van der Waals surface area contributed by atoms with Crippen LogP contribution in [0.4, 0.5) is 5.69 Å². The molecule has 1 N–H and O–H groups in total. The average Bonchev–Trinajstić information content (AvgIpc) is 3.27. The molecule has 1 aromatic heterocycles. The van der Waals surface area contributed by atoms with E-state index in [1.165, 1.54) is 11.3 Å². The summed E-state index contributed by atoms with van der Waals surface area (Å²) in [6, 6.07) is 10.7. The van der Waals surface area contributed by atoms with Crippen LogP contribution in [0.2, 0.25) is 5.02 Å². The summed E-state index contributed by atoms with van der Waals surface area (Å²) in [4.78, 5) is 28.4. The van der Waals surface area contributed by atoms with Gasteiger partial charge < -0.3 is 19.7 Å². The lowest BCUT2D eigenvalue weighted by molar-refractivity contribution is -0.110. The number of nitrogens with zero attached hydrogens (tertiary/aromatic N) is 2. The van der Waals surface area contributed by atoms with Crippen molar-refractivity contribution in [3.8, 4) is 11.5 Å². The fourth-order valence-electron chi connectivity index (χ4n) is 3.64. The summed E-state index contributed by atoms with van der Waals surface area (Å²) in [5.74, 6) is 0.999. The van der Waals surface area contributed by atoms with E-state index in [0.717, 1.165) is 5.56 Å². The summed E-state index contributed by atoms with van der Waals surface area (Å²) in [6.45, 7) is 1.09. The van der Waals surface area contributed by atoms with Crippen LogP contribution in [0.3, 0.4) is 0 Å². The third kappa shape index (κ3) is 4.55. The summed E-state index contributed by atoms with van der Waals surface area (Å²) < 4.78 is 13.5. The van der Waals surface area contributed by atoms with Crippen molar-refractivity contribution in [2.24, 2.45) is 0 Å². The standard InChI is InChI=1S/C24H24ClN3O4S/c1-27(2)9-10-28-23(30)20(11-14-5-7-16(31-3)13-19(14)32-4)33-24(28)21-17-12-15(25)6-8-18(17)26-22(21)29/h5-8,11-13H,9-10H2,1-4H3,(H,26,29)/b20-11-,24-21+. The molecule has 1 aliphatic rings. The number of ether oxygens (including phenoxy) is 2. The molecule has 2 heterocycles. The van der Waals surface area contributed by atoms with Crippen LogP contribution in [-0.2, 0) is 11.3 Å². The third-order valence-corrected chi connectivity index (χ3v) is 6.71. The molecule has 33 heavy (non-hydrogen) atoms. The van der Waals surface area contributed by atoms with Crippen LogP contribution in [0.5, 0.6) is 11.5 Å². The molecule has 172 valence electrons. The second-order valence-electron chi connectivity index (χ2n) is 7.80. The Hall–Kier alpha value is -3.07. The summed E-state index contributed by atoms with van der Waals surface area (Å²) in [5, 5.41) is 3.40. The van der Waals surface area contributed by atoms with Gasteiger partial charge in [0.25, 0.3) is 11.5 Å². The van der Waals surface area contributed by atoms with Crippen molar-refractivity contribution in [3.05, 3.63) is 72.1 Å². The van der Waals surface area contributed by atoms with Gasteiger partial charge in [0.15, 0.2) is 0 Å². The Bertz CT molecular complexity index is 1410. The van der Waals surface area contributed by atoms with Crippen LogP contribution in [0.25, 0.3) is 11.6 Å². The number of anilines is 1. The molecule has 0 radical (unpaired) electrons. The second kappa shape index (κ2) is 9.43. The van der Waals surface area contributed by atoms with Crippen LogP contribution in [0, 0.1) is 0 Å². The van der Waals surface area contributed by atoms with Gasteiger partial charge in [-0.15, -0.1) is 11.3 Å². The number of benzene rings is 2. The molecular formula is C24H24ClN3O4S. The fraction of sp³-hybridized carbons (Fsp3) is 0.250. The Balaban J connectivity index is 1.99. The molecule has 7 nitrogen and oxygen atoms in total. The molecule has 1 amide bonds. The van der Waals surface area contributed by atoms with Crippen molar-refractivity contribution in [2.45, 2.75) is 6.54 Å². The molecule has 4 rings (SSSR count). The minimum Gasteiger partial charge on any atom is -0.497 e. The molecule has 0 atom stereocenters. The molecule has 9 heteroatoms. The van der Waals surface area contributed by atoms with Gasteiger partial charge in [-0.05, 0) is 50.5 Å². The number of aromatic nitrogens is 1. The molecule has 0 saturated carbocycles. The molecule has 0 aliphatic carbocycles. The number of thiazole rings is 1. The summed E-state index contributed by atoms with van der Waals surface area (Å²) in [7, 11) is 7.04. The van der Waals surface area contributed by atoms with Crippen molar-refractivity contribution < 1.29 is 14.3 Å². The molecular weight excluding hydrogens is 462 g/mol. The Kier molecular flexibility index (Phi) is 6.60. The molecule has 0 bridgehead atoms. The lowest BCUT2D eigenvalue weighted by Gasteiger charge is -2.10. The van der Waals surface area contributed by atoms with Gasteiger partial charge in [-0.2, -0.15) is 0 Å². The third-order valence-electron chi connectivity index (χ3n) is 5.35. The highest BCUT2D eigenvalue weighted by atomic mass is 35.5. The molecule has 0 saturated heterocycles. The summed E-state index contributed by atoms with van der Waals surface area (Å²) >= 11 is 7.49. The maximum Gasteiger partial charge on any atom is 0.269 e. The number of fused-ring (bicyclic) bond motifs is 1. The van der Waals surface area contributed by atoms with Crippen molar-refractivity contribution in [2.75, 3.05) is 40.2 Å². The normalized spacial score (nSPS) is 15.1. The number of carbonyl (C=O) groups excluding carboxylic acids is 1. The zero-order chi connectivity index (χ0) is 23.7. The highest BCUT2D eigenvalue weighted by molar-refractivity contribution is 7.07. The van der Waals surface area contributed by atoms with Gasteiger partial charge in [0.1, 0.15) is 16.2 Å². The largest absolute Gasteiger partial charge is 0.497 e. The minimum absolute atomic E-state index is 0.162. The minimum atomic E-state index is -0.249. The fourth-order valence-corrected chi connectivity index (χ4v) is 4.99. The van der Waals surface area contributed by atoms with Gasteiger partial charge in [-0.1, -0.05) is 11.6 Å². The zero-order valence-electron chi connectivity index (χ0n) is 18.8. The van der Waals surface area contributed by atoms with E-state index in [2.05, 4.69) is 5.32 Å². The van der Waals surface area contributed by atoms with E-state index < -0.39 is 0 Å². The average molecular weight is 486 g/mol. The van der Waals surface area contributed by atoms with E-state index in [9.17, 15) is 9.59 Å². The van der Waals surface area contributed by atoms with Crippen molar-refractivity contribution in [1.29, 1.82) is 0 Å². The van der Waals surface area contributed by atoms with E-state index in [1.807, 2.05) is 31.1 Å². The van der Waals surface area contributed by atoms with E-state index in [-0.39, 0.29) is 11.5 Å². The molecule has 0 fully saturated rings. The molecule has 1 aliphatic heterocycles. The Morgan fingerprint density at radius 2 is 1.91 bits per heavy atom. The first-order chi connectivity index (χ1) is 15.8. The Morgan fingerprint density at radius 3 is 2.61 bits per heavy atom. The number of hydrogen-bond acceptors (Lipinski definition) is 6. The number of amides is 1. The molecule has 2 aromatic carbocycles. The van der Waals surface area contributed by atoms with E-state index >= 15 is 0 Å². The van der Waals surface area contributed by atoms with Gasteiger partial charge in [-0.3, -0.25) is 14.2 Å². The number of nitrogens with one attached hydrogen (secondary N) is 1. The quantitative estimate of drug-likeness (QED) is 0.579. The van der Waals surface area contributed by atoms with Gasteiger partial charge >= 0.3 is 0 Å². The monoisotopic (exact) mass is 485 g/mol. The Morgan fingerprint density at radius 1 is 1.12 bits per heavy atom. The lowest BCUT2D eigenvalue weighted by Crippen LogP contribution is -2.36. The van der Waals surface area contributed by atoms with Crippen molar-refractivity contribution in [1.82, 2.24) is 9.47 Å². The van der Waals surface area contributed by atoms with Gasteiger partial charge in [0.2, 0.25) is 0 Å². The van der Waals surface area contributed by atoms with Crippen LogP contribution in [-0.4, -0.2) is 50.2 Å². The number of likely N-dealkylation sites (N-methyl/N-ethyl adjacent to an activating group) is 1. The maximum atomic E-state index is 13.5. The van der Waals surface area contributed by atoms with Crippen LogP contribution >= 0.6 is 22.9 Å². The number of hydrogen-bond donors (Lipinski definition) is 1. The van der Waals surface area contributed by atoms with E-state index in [1.54, 1.807) is 49.1 Å². The van der Waals surface area contributed by atoms with Crippen LogP contribution in [0.15, 0.2) is 41.2 Å². The van der Waals surface area contributed by atoms with Crippen LogP contribution < -0.4 is 29.5 Å². The number of methoxy groups -OCH3 is 2. The SMILES string of the molecule is COc1ccc(/C=c2\s/c(=C3/C(=O)Nc4ccc(Cl)cc43)n(CCN(C)C)c2=O)c(OC)c1.